The van der Waals surface area contributed by atoms with Gasteiger partial charge in [-0.05, 0) is 62.2 Å². The molecule has 0 aliphatic carbocycles. The molecular weight excluding hydrogens is 378 g/mol. The number of rotatable bonds is 5. The first-order chi connectivity index (χ1) is 13.7. The molecule has 6 nitrogen and oxygen atoms in total. The zero-order chi connectivity index (χ0) is 21.1. The number of benzene rings is 2. The van der Waals surface area contributed by atoms with Crippen molar-refractivity contribution >= 4 is 23.2 Å². The summed E-state index contributed by atoms with van der Waals surface area (Å²) < 4.78 is 28.6. The molecule has 0 spiro atoms. The van der Waals surface area contributed by atoms with E-state index in [1.807, 2.05) is 0 Å². The Labute approximate surface area is 166 Å². The summed E-state index contributed by atoms with van der Waals surface area (Å²) in [5, 5.41) is 9.29. The van der Waals surface area contributed by atoms with Crippen LogP contribution in [0.15, 0.2) is 48.7 Å². The van der Waals surface area contributed by atoms with Gasteiger partial charge in [0.2, 0.25) is 5.91 Å². The van der Waals surface area contributed by atoms with Crippen molar-refractivity contribution in [3.8, 4) is 0 Å². The van der Waals surface area contributed by atoms with Gasteiger partial charge in [-0.1, -0.05) is 12.1 Å². The summed E-state index contributed by atoms with van der Waals surface area (Å²) >= 11 is 0. The average molecular weight is 398 g/mol. The maximum absolute atomic E-state index is 13.6. The molecule has 3 aromatic rings. The Morgan fingerprint density at radius 1 is 0.931 bits per heavy atom. The first-order valence-corrected chi connectivity index (χ1v) is 8.94. The van der Waals surface area contributed by atoms with Gasteiger partial charge in [-0.2, -0.15) is 5.10 Å². The van der Waals surface area contributed by atoms with Gasteiger partial charge in [-0.25, -0.2) is 8.78 Å². The highest BCUT2D eigenvalue weighted by Crippen LogP contribution is 2.17. The standard InChI is InChI=1S/C21H20F2N4O2/c1-12-4-6-15(10-17(12)22)24-20(28)14(3)27-9-8-19(26-27)21(29)25-16-7-5-13(2)18(23)11-16/h4-11,14H,1-3H3,(H,24,28)(H,25,29)/t14-/m1/s1. The molecule has 3 rings (SSSR count). The van der Waals surface area contributed by atoms with Gasteiger partial charge in [-0.3, -0.25) is 14.3 Å². The SMILES string of the molecule is Cc1ccc(NC(=O)c2ccn([C@H](C)C(=O)Nc3ccc(C)c(F)c3)n2)cc1F. The molecule has 29 heavy (non-hydrogen) atoms. The molecule has 1 aromatic heterocycles. The van der Waals surface area contributed by atoms with E-state index in [0.717, 1.165) is 0 Å². The van der Waals surface area contributed by atoms with Crippen LogP contribution in [0.2, 0.25) is 0 Å². The van der Waals surface area contributed by atoms with Gasteiger partial charge in [0.15, 0.2) is 5.69 Å². The molecule has 0 aliphatic rings. The minimum absolute atomic E-state index is 0.0759. The summed E-state index contributed by atoms with van der Waals surface area (Å²) in [6.07, 6.45) is 1.49. The van der Waals surface area contributed by atoms with Gasteiger partial charge in [0.1, 0.15) is 17.7 Å². The molecule has 2 aromatic carbocycles. The van der Waals surface area contributed by atoms with Crippen molar-refractivity contribution in [2.75, 3.05) is 10.6 Å². The maximum atomic E-state index is 13.6. The van der Waals surface area contributed by atoms with Gasteiger partial charge in [0.05, 0.1) is 0 Å². The first-order valence-electron chi connectivity index (χ1n) is 8.94. The van der Waals surface area contributed by atoms with E-state index < -0.39 is 29.5 Å². The summed E-state index contributed by atoms with van der Waals surface area (Å²) in [7, 11) is 0. The predicted molar refractivity (Wildman–Crippen MR) is 106 cm³/mol. The summed E-state index contributed by atoms with van der Waals surface area (Å²) in [5.74, 6) is -1.78. The van der Waals surface area contributed by atoms with Gasteiger partial charge in [0, 0.05) is 17.6 Å². The number of carbonyl (C=O) groups is 2. The highest BCUT2D eigenvalue weighted by atomic mass is 19.1. The fraction of sp³-hybridized carbons (Fsp3) is 0.190. The molecule has 0 unspecified atom stereocenters. The van der Waals surface area contributed by atoms with Crippen LogP contribution in [0.3, 0.4) is 0 Å². The van der Waals surface area contributed by atoms with Crippen molar-refractivity contribution in [3.63, 3.8) is 0 Å². The number of carbonyl (C=O) groups excluding carboxylic acids is 2. The van der Waals surface area contributed by atoms with E-state index in [1.165, 1.54) is 29.1 Å². The van der Waals surface area contributed by atoms with Crippen molar-refractivity contribution < 1.29 is 18.4 Å². The summed E-state index contributed by atoms with van der Waals surface area (Å²) in [5.41, 5.74) is 1.66. The number of nitrogens with one attached hydrogen (secondary N) is 2. The molecule has 2 amide bonds. The van der Waals surface area contributed by atoms with E-state index in [2.05, 4.69) is 15.7 Å². The van der Waals surface area contributed by atoms with Gasteiger partial charge in [-0.15, -0.1) is 0 Å². The number of hydrogen-bond donors (Lipinski definition) is 2. The molecule has 1 atom stereocenters. The summed E-state index contributed by atoms with van der Waals surface area (Å²) in [6, 6.07) is 9.50. The minimum atomic E-state index is -0.738. The molecule has 2 N–H and O–H groups in total. The van der Waals surface area contributed by atoms with Crippen molar-refractivity contribution in [1.29, 1.82) is 0 Å². The number of amides is 2. The van der Waals surface area contributed by atoms with E-state index >= 15 is 0 Å². The second-order valence-corrected chi connectivity index (χ2v) is 6.73. The zero-order valence-corrected chi connectivity index (χ0v) is 16.2. The maximum Gasteiger partial charge on any atom is 0.276 e. The smallest absolute Gasteiger partial charge is 0.276 e. The Kier molecular flexibility index (Phi) is 5.72. The highest BCUT2D eigenvalue weighted by molar-refractivity contribution is 6.02. The predicted octanol–water partition coefficient (Wildman–Crippen LogP) is 4.23. The molecule has 1 heterocycles. The van der Waals surface area contributed by atoms with E-state index in [9.17, 15) is 18.4 Å². The van der Waals surface area contributed by atoms with Crippen LogP contribution >= 0.6 is 0 Å². The molecule has 0 bridgehead atoms. The van der Waals surface area contributed by atoms with E-state index in [0.29, 0.717) is 22.5 Å². The van der Waals surface area contributed by atoms with Crippen LogP contribution in [0.4, 0.5) is 20.2 Å². The Morgan fingerprint density at radius 2 is 1.48 bits per heavy atom. The topological polar surface area (TPSA) is 76.0 Å². The van der Waals surface area contributed by atoms with E-state index in [-0.39, 0.29) is 5.69 Å². The monoisotopic (exact) mass is 398 g/mol. The molecule has 0 saturated heterocycles. The van der Waals surface area contributed by atoms with Crippen LogP contribution in [0.5, 0.6) is 0 Å². The van der Waals surface area contributed by atoms with Crippen LogP contribution in [0.25, 0.3) is 0 Å². The normalized spacial score (nSPS) is 11.8. The molecule has 0 fully saturated rings. The van der Waals surface area contributed by atoms with Crippen molar-refractivity contribution in [3.05, 3.63) is 77.1 Å². The van der Waals surface area contributed by atoms with Crippen LogP contribution in [-0.4, -0.2) is 21.6 Å². The number of anilines is 2. The first kappa shape index (κ1) is 20.2. The van der Waals surface area contributed by atoms with Crippen molar-refractivity contribution in [2.45, 2.75) is 26.8 Å². The lowest BCUT2D eigenvalue weighted by atomic mass is 10.2. The van der Waals surface area contributed by atoms with E-state index in [1.54, 1.807) is 45.0 Å². The quantitative estimate of drug-likeness (QED) is 0.675. The van der Waals surface area contributed by atoms with Gasteiger partial charge < -0.3 is 10.6 Å². The Hall–Kier alpha value is -3.55. The molecule has 0 radical (unpaired) electrons. The Morgan fingerprint density at radius 3 is 2.03 bits per heavy atom. The van der Waals surface area contributed by atoms with Crippen LogP contribution in [0.1, 0.15) is 34.6 Å². The second-order valence-electron chi connectivity index (χ2n) is 6.73. The lowest BCUT2D eigenvalue weighted by Gasteiger charge is -2.13. The summed E-state index contributed by atoms with van der Waals surface area (Å²) in [6.45, 7) is 4.86. The van der Waals surface area contributed by atoms with Crippen LogP contribution in [0, 0.1) is 25.5 Å². The zero-order valence-electron chi connectivity index (χ0n) is 16.2. The van der Waals surface area contributed by atoms with E-state index in [4.69, 9.17) is 0 Å². The number of aryl methyl sites for hydroxylation is 2. The number of nitrogens with zero attached hydrogens (tertiary/aromatic N) is 2. The summed E-state index contributed by atoms with van der Waals surface area (Å²) in [4.78, 5) is 24.7. The Bertz CT molecular complexity index is 1080. The lowest BCUT2D eigenvalue weighted by molar-refractivity contribution is -0.119. The third-order valence-corrected chi connectivity index (χ3v) is 4.49. The average Bonchev–Trinajstić information content (AvgIpc) is 3.17. The number of aromatic nitrogens is 2. The number of hydrogen-bond acceptors (Lipinski definition) is 3. The van der Waals surface area contributed by atoms with Crippen molar-refractivity contribution in [1.82, 2.24) is 9.78 Å². The molecule has 8 heteroatoms. The largest absolute Gasteiger partial charge is 0.324 e. The third kappa shape index (κ3) is 4.66. The van der Waals surface area contributed by atoms with Gasteiger partial charge >= 0.3 is 0 Å². The Balaban J connectivity index is 1.67. The molecular formula is C21H20F2N4O2. The van der Waals surface area contributed by atoms with Crippen LogP contribution < -0.4 is 10.6 Å². The molecule has 0 aliphatic heterocycles. The van der Waals surface area contributed by atoms with Crippen molar-refractivity contribution in [2.24, 2.45) is 0 Å². The highest BCUT2D eigenvalue weighted by Gasteiger charge is 2.19. The molecule has 0 saturated carbocycles. The lowest BCUT2D eigenvalue weighted by Crippen LogP contribution is -2.24. The van der Waals surface area contributed by atoms with Gasteiger partial charge in [0.25, 0.3) is 5.91 Å². The number of halogens is 2. The third-order valence-electron chi connectivity index (χ3n) is 4.49. The fourth-order valence-electron chi connectivity index (χ4n) is 2.58. The minimum Gasteiger partial charge on any atom is -0.324 e. The molecule has 150 valence electrons. The second kappa shape index (κ2) is 8.22. The fourth-order valence-corrected chi connectivity index (χ4v) is 2.58. The van der Waals surface area contributed by atoms with Crippen LogP contribution in [-0.2, 0) is 4.79 Å².